The molecule has 4 heteroatoms. The van der Waals surface area contributed by atoms with E-state index in [1.807, 2.05) is 25.1 Å². The average Bonchev–Trinajstić information content (AvgIpc) is 2.37. The summed E-state index contributed by atoms with van der Waals surface area (Å²) in [7, 11) is 0. The van der Waals surface area contributed by atoms with Crippen LogP contribution in [-0.2, 0) is 13.0 Å². The minimum atomic E-state index is -1.02. The van der Waals surface area contributed by atoms with Crippen LogP contribution in [0.4, 0.5) is 0 Å². The van der Waals surface area contributed by atoms with Crippen molar-refractivity contribution in [2.75, 3.05) is 0 Å². The van der Waals surface area contributed by atoms with E-state index in [-0.39, 0.29) is 11.1 Å². The number of carboxylic acids is 1. The molecule has 0 radical (unpaired) electrons. The predicted molar refractivity (Wildman–Crippen MR) is 72.5 cm³/mol. The lowest BCUT2D eigenvalue weighted by molar-refractivity contribution is 0.0696. The van der Waals surface area contributed by atoms with Gasteiger partial charge >= 0.3 is 5.97 Å². The van der Waals surface area contributed by atoms with Gasteiger partial charge < -0.3 is 9.67 Å². The molecule has 0 amide bonds. The molecule has 1 N–H and O–H groups in total. The molecule has 0 aliphatic rings. The number of carboxylic acid groups (broad SMARTS) is 1. The van der Waals surface area contributed by atoms with E-state index in [1.54, 1.807) is 0 Å². The maximum atomic E-state index is 11.7. The number of carbonyl (C=O) groups is 1. The van der Waals surface area contributed by atoms with Gasteiger partial charge in [-0.1, -0.05) is 29.8 Å². The highest BCUT2D eigenvalue weighted by Gasteiger charge is 2.05. The second kappa shape index (κ2) is 5.52. The maximum absolute atomic E-state index is 11.7. The van der Waals surface area contributed by atoms with Gasteiger partial charge in [0.25, 0.3) is 5.56 Å². The van der Waals surface area contributed by atoms with Crippen molar-refractivity contribution in [2.45, 2.75) is 19.9 Å². The van der Waals surface area contributed by atoms with Gasteiger partial charge in [-0.2, -0.15) is 0 Å². The van der Waals surface area contributed by atoms with Crippen molar-refractivity contribution in [2.24, 2.45) is 0 Å². The molecule has 1 heterocycles. The number of aromatic nitrogens is 1. The first-order valence-corrected chi connectivity index (χ1v) is 6.05. The van der Waals surface area contributed by atoms with E-state index < -0.39 is 5.97 Å². The largest absolute Gasteiger partial charge is 0.478 e. The quantitative estimate of drug-likeness (QED) is 0.912. The first kappa shape index (κ1) is 13.1. The van der Waals surface area contributed by atoms with Crippen molar-refractivity contribution >= 4 is 5.97 Å². The van der Waals surface area contributed by atoms with Crippen molar-refractivity contribution in [3.63, 3.8) is 0 Å². The van der Waals surface area contributed by atoms with Gasteiger partial charge in [-0.3, -0.25) is 4.79 Å². The number of nitrogens with zero attached hydrogens (tertiary/aromatic N) is 1. The molecule has 0 saturated carbocycles. The van der Waals surface area contributed by atoms with Crippen LogP contribution in [0.1, 0.15) is 21.5 Å². The Hall–Kier alpha value is -2.36. The molecule has 98 valence electrons. The average molecular weight is 257 g/mol. The summed E-state index contributed by atoms with van der Waals surface area (Å²) in [6, 6.07) is 10.7. The first-order chi connectivity index (χ1) is 9.06. The van der Waals surface area contributed by atoms with Crippen molar-refractivity contribution in [3.05, 3.63) is 69.6 Å². The van der Waals surface area contributed by atoms with E-state index in [9.17, 15) is 9.59 Å². The van der Waals surface area contributed by atoms with Gasteiger partial charge in [-0.25, -0.2) is 4.79 Å². The van der Waals surface area contributed by atoms with Gasteiger partial charge in [0.15, 0.2) is 0 Å². The van der Waals surface area contributed by atoms with E-state index in [0.29, 0.717) is 13.0 Å². The summed E-state index contributed by atoms with van der Waals surface area (Å²) >= 11 is 0. The fourth-order valence-electron chi connectivity index (χ4n) is 1.95. The normalized spacial score (nSPS) is 10.4. The highest BCUT2D eigenvalue weighted by molar-refractivity contribution is 5.87. The van der Waals surface area contributed by atoms with Crippen LogP contribution in [0.25, 0.3) is 0 Å². The van der Waals surface area contributed by atoms with Crippen LogP contribution < -0.4 is 5.56 Å². The summed E-state index contributed by atoms with van der Waals surface area (Å²) in [5.41, 5.74) is 2.25. The summed E-state index contributed by atoms with van der Waals surface area (Å²) in [6.45, 7) is 2.49. The first-order valence-electron chi connectivity index (χ1n) is 6.05. The summed E-state index contributed by atoms with van der Waals surface area (Å²) < 4.78 is 1.44. The third-order valence-electron chi connectivity index (χ3n) is 2.95. The number of benzene rings is 1. The van der Waals surface area contributed by atoms with E-state index >= 15 is 0 Å². The molecule has 4 nitrogen and oxygen atoms in total. The molecule has 19 heavy (non-hydrogen) atoms. The molecule has 1 aromatic carbocycles. The van der Waals surface area contributed by atoms with Crippen LogP contribution in [0.3, 0.4) is 0 Å². The zero-order valence-corrected chi connectivity index (χ0v) is 10.7. The number of hydrogen-bond acceptors (Lipinski definition) is 2. The van der Waals surface area contributed by atoms with E-state index in [0.717, 1.165) is 5.56 Å². The number of pyridine rings is 1. The monoisotopic (exact) mass is 257 g/mol. The summed E-state index contributed by atoms with van der Waals surface area (Å²) in [4.78, 5) is 22.5. The topological polar surface area (TPSA) is 59.3 Å². The van der Waals surface area contributed by atoms with Gasteiger partial charge in [0.05, 0.1) is 5.56 Å². The van der Waals surface area contributed by atoms with Crippen LogP contribution >= 0.6 is 0 Å². The van der Waals surface area contributed by atoms with Crippen molar-refractivity contribution in [1.82, 2.24) is 4.57 Å². The highest BCUT2D eigenvalue weighted by Crippen LogP contribution is 2.06. The molecule has 0 bridgehead atoms. The number of hydrogen-bond donors (Lipinski definition) is 1. The lowest BCUT2D eigenvalue weighted by Crippen LogP contribution is -2.21. The SMILES string of the molecule is Cc1cccc(CCn2cc(C(=O)O)ccc2=O)c1. The molecular weight excluding hydrogens is 242 g/mol. The molecule has 0 aliphatic heterocycles. The second-order valence-electron chi connectivity index (χ2n) is 4.49. The Kier molecular flexibility index (Phi) is 3.80. The Labute approximate surface area is 110 Å². The van der Waals surface area contributed by atoms with E-state index in [4.69, 9.17) is 5.11 Å². The second-order valence-corrected chi connectivity index (χ2v) is 4.49. The van der Waals surface area contributed by atoms with Crippen LogP contribution in [-0.4, -0.2) is 15.6 Å². The lowest BCUT2D eigenvalue weighted by atomic mass is 10.1. The molecule has 2 rings (SSSR count). The molecule has 1 aromatic heterocycles. The Morgan fingerprint density at radius 1 is 1.26 bits per heavy atom. The highest BCUT2D eigenvalue weighted by atomic mass is 16.4. The van der Waals surface area contributed by atoms with Crippen LogP contribution in [0.2, 0.25) is 0 Å². The summed E-state index contributed by atoms with van der Waals surface area (Å²) in [5.74, 6) is -1.02. The number of aromatic carboxylic acids is 1. The Bertz CT molecular complexity index is 658. The lowest BCUT2D eigenvalue weighted by Gasteiger charge is -2.07. The zero-order valence-electron chi connectivity index (χ0n) is 10.7. The Balaban J connectivity index is 2.17. The Morgan fingerprint density at radius 2 is 2.05 bits per heavy atom. The van der Waals surface area contributed by atoms with Gasteiger partial charge in [0.1, 0.15) is 0 Å². The Morgan fingerprint density at radius 3 is 2.74 bits per heavy atom. The molecule has 2 aromatic rings. The smallest absolute Gasteiger partial charge is 0.337 e. The fourth-order valence-corrected chi connectivity index (χ4v) is 1.95. The van der Waals surface area contributed by atoms with Gasteiger partial charge in [-0.05, 0) is 25.0 Å². The number of rotatable bonds is 4. The fraction of sp³-hybridized carbons (Fsp3) is 0.200. The summed E-state index contributed by atoms with van der Waals surface area (Å²) in [6.07, 6.45) is 2.09. The third-order valence-corrected chi connectivity index (χ3v) is 2.95. The van der Waals surface area contributed by atoms with Crippen molar-refractivity contribution in [1.29, 1.82) is 0 Å². The molecule has 0 unspecified atom stereocenters. The predicted octanol–water partition coefficient (Wildman–Crippen LogP) is 2.10. The van der Waals surface area contributed by atoms with Crippen molar-refractivity contribution in [3.8, 4) is 0 Å². The zero-order chi connectivity index (χ0) is 13.8. The third kappa shape index (κ3) is 3.31. The van der Waals surface area contributed by atoms with Gasteiger partial charge in [0.2, 0.25) is 0 Å². The summed E-state index contributed by atoms with van der Waals surface area (Å²) in [5, 5.41) is 8.91. The molecule has 0 atom stereocenters. The van der Waals surface area contributed by atoms with Crippen LogP contribution in [0, 0.1) is 6.92 Å². The van der Waals surface area contributed by atoms with Gasteiger partial charge in [0, 0.05) is 18.8 Å². The van der Waals surface area contributed by atoms with Crippen LogP contribution in [0.5, 0.6) is 0 Å². The minimum absolute atomic E-state index is 0.129. The molecule has 0 spiro atoms. The minimum Gasteiger partial charge on any atom is -0.478 e. The van der Waals surface area contributed by atoms with Crippen molar-refractivity contribution < 1.29 is 9.90 Å². The van der Waals surface area contributed by atoms with Gasteiger partial charge in [-0.15, -0.1) is 0 Å². The molecule has 0 saturated heterocycles. The van der Waals surface area contributed by atoms with Crippen LogP contribution in [0.15, 0.2) is 47.4 Å². The van der Waals surface area contributed by atoms with E-state index in [2.05, 4.69) is 6.07 Å². The molecular formula is C15H15NO3. The standard InChI is InChI=1S/C15H15NO3/c1-11-3-2-4-12(9-11)7-8-16-10-13(15(18)19)5-6-14(16)17/h2-6,9-10H,7-8H2,1H3,(H,18,19). The maximum Gasteiger partial charge on any atom is 0.337 e. The molecule has 0 fully saturated rings. The van der Waals surface area contributed by atoms with E-state index in [1.165, 1.54) is 28.5 Å². The molecule has 0 aliphatic carbocycles. The number of aryl methyl sites for hydroxylation is 3.